The second-order valence-corrected chi connectivity index (χ2v) is 17.3. The molecule has 0 amide bonds. The van der Waals surface area contributed by atoms with Gasteiger partial charge in [0, 0.05) is 48.2 Å². The van der Waals surface area contributed by atoms with Gasteiger partial charge in [-0.2, -0.15) is 10.5 Å². The minimum Gasteiger partial charge on any atom is -0.458 e. The van der Waals surface area contributed by atoms with Gasteiger partial charge in [-0.1, -0.05) is 120 Å². The SMILES string of the molecule is N#Cc1ccc(-n2c3ccccc3c3ccccc32)c(-c2ccc3c(c2)Sc2cccc4c2B3c2ccc(-c3cc(-n5c6ccccc6c6ccccc65)ccc3C#N)cc2O4)c1. The Morgan fingerprint density at radius 3 is 1.73 bits per heavy atom. The van der Waals surface area contributed by atoms with Crippen molar-refractivity contribution >= 4 is 78.5 Å². The number of ether oxygens (including phenoxy) is 1. The van der Waals surface area contributed by atoms with Gasteiger partial charge in [0.25, 0.3) is 6.71 Å². The molecule has 0 atom stereocenters. The van der Waals surface area contributed by atoms with Crippen LogP contribution in [0.4, 0.5) is 0 Å². The van der Waals surface area contributed by atoms with Gasteiger partial charge in [-0.15, -0.1) is 0 Å². The standard InChI is InChI=1S/C56H31BN4OS/c58-32-34-20-27-51(61-49-16-7-3-12-41(49)42-13-4-8-17-50(42)61)44(28-34)36-23-26-46-55(30-36)63-54-19-9-18-52-56(54)57(46)45-25-22-35(29-53(45)62-52)43-31-38(24-21-37(43)33-59)60-47-14-5-1-10-39(47)40-11-2-6-15-48(40)60/h1-31H. The number of hydrogen-bond acceptors (Lipinski definition) is 4. The summed E-state index contributed by atoms with van der Waals surface area (Å²) in [4.78, 5) is 2.33. The lowest BCUT2D eigenvalue weighted by molar-refractivity contribution is 0.486. The molecule has 5 nitrogen and oxygen atoms in total. The first-order valence-corrected chi connectivity index (χ1v) is 21.8. The van der Waals surface area contributed by atoms with Crippen LogP contribution in [0.5, 0.6) is 11.5 Å². The lowest BCUT2D eigenvalue weighted by Crippen LogP contribution is -2.57. The topological polar surface area (TPSA) is 66.7 Å². The molecule has 0 N–H and O–H groups in total. The number of fused-ring (bicyclic) bond motifs is 10. The van der Waals surface area contributed by atoms with Crippen LogP contribution < -0.4 is 21.1 Å². The molecule has 13 rings (SSSR count). The summed E-state index contributed by atoms with van der Waals surface area (Å²) in [6.45, 7) is -0.0547. The molecule has 2 aromatic heterocycles. The van der Waals surface area contributed by atoms with Gasteiger partial charge in [0.15, 0.2) is 0 Å². The van der Waals surface area contributed by atoms with E-state index >= 15 is 0 Å². The first-order valence-electron chi connectivity index (χ1n) is 21.0. The number of benzene rings is 9. The molecule has 0 fully saturated rings. The molecule has 0 saturated heterocycles. The second-order valence-electron chi connectivity index (χ2n) is 16.2. The van der Waals surface area contributed by atoms with Crippen molar-refractivity contribution in [3.05, 3.63) is 199 Å². The van der Waals surface area contributed by atoms with Crippen LogP contribution in [-0.4, -0.2) is 15.8 Å². The minimum atomic E-state index is -0.0547. The molecule has 0 aliphatic carbocycles. The van der Waals surface area contributed by atoms with Crippen LogP contribution in [-0.2, 0) is 0 Å². The Bertz CT molecular complexity index is 3760. The third-order valence-electron chi connectivity index (χ3n) is 12.9. The van der Waals surface area contributed by atoms with Gasteiger partial charge >= 0.3 is 0 Å². The quantitative estimate of drug-likeness (QED) is 0.166. The highest BCUT2D eigenvalue weighted by atomic mass is 32.2. The van der Waals surface area contributed by atoms with Crippen LogP contribution in [0.1, 0.15) is 11.1 Å². The summed E-state index contributed by atoms with van der Waals surface area (Å²) < 4.78 is 11.4. The molecule has 63 heavy (non-hydrogen) atoms. The lowest BCUT2D eigenvalue weighted by Gasteiger charge is -2.33. The molecule has 2 aliphatic rings. The largest absolute Gasteiger partial charge is 0.458 e. The number of rotatable bonds is 4. The van der Waals surface area contributed by atoms with Crippen molar-refractivity contribution in [1.29, 1.82) is 10.5 Å². The van der Waals surface area contributed by atoms with Crippen molar-refractivity contribution < 1.29 is 4.74 Å². The van der Waals surface area contributed by atoms with Gasteiger partial charge in [-0.05, 0) is 107 Å². The van der Waals surface area contributed by atoms with E-state index < -0.39 is 0 Å². The first-order chi connectivity index (χ1) is 31.1. The number of hydrogen-bond donors (Lipinski definition) is 0. The van der Waals surface area contributed by atoms with Crippen molar-refractivity contribution in [1.82, 2.24) is 9.13 Å². The summed E-state index contributed by atoms with van der Waals surface area (Å²) in [6.07, 6.45) is 0. The molecule has 9 aromatic carbocycles. The molecule has 4 heterocycles. The van der Waals surface area contributed by atoms with Gasteiger partial charge in [0.05, 0.1) is 51.0 Å². The zero-order valence-corrected chi connectivity index (χ0v) is 34.4. The summed E-state index contributed by atoms with van der Waals surface area (Å²) in [5, 5.41) is 25.3. The Morgan fingerprint density at radius 2 is 1.08 bits per heavy atom. The monoisotopic (exact) mass is 818 g/mol. The van der Waals surface area contributed by atoms with Crippen molar-refractivity contribution in [2.24, 2.45) is 0 Å². The van der Waals surface area contributed by atoms with E-state index in [1.165, 1.54) is 37.4 Å². The maximum Gasteiger partial charge on any atom is 0.253 e. The highest BCUT2D eigenvalue weighted by Gasteiger charge is 2.39. The van der Waals surface area contributed by atoms with Gasteiger partial charge in [0.1, 0.15) is 11.5 Å². The smallest absolute Gasteiger partial charge is 0.253 e. The molecular weight excluding hydrogens is 788 g/mol. The second kappa shape index (κ2) is 13.6. The normalized spacial score (nSPS) is 12.4. The number of para-hydroxylation sites is 4. The molecule has 0 unspecified atom stereocenters. The summed E-state index contributed by atoms with van der Waals surface area (Å²) >= 11 is 1.77. The van der Waals surface area contributed by atoms with Crippen molar-refractivity contribution in [2.75, 3.05) is 0 Å². The fraction of sp³-hybridized carbons (Fsp3) is 0. The Labute approximate surface area is 367 Å². The van der Waals surface area contributed by atoms with E-state index in [2.05, 4.69) is 185 Å². The van der Waals surface area contributed by atoms with Gasteiger partial charge in [0.2, 0.25) is 0 Å². The molecule has 2 aliphatic heterocycles. The molecule has 11 aromatic rings. The van der Waals surface area contributed by atoms with Crippen LogP contribution in [0.3, 0.4) is 0 Å². The molecule has 0 spiro atoms. The molecule has 0 radical (unpaired) electrons. The van der Waals surface area contributed by atoms with E-state index in [0.29, 0.717) is 11.1 Å². The number of nitrogens with zero attached hydrogens (tertiary/aromatic N) is 4. The van der Waals surface area contributed by atoms with Crippen molar-refractivity contribution in [2.45, 2.75) is 9.79 Å². The number of aromatic nitrogens is 2. The Hall–Kier alpha value is -8.23. The van der Waals surface area contributed by atoms with E-state index in [9.17, 15) is 10.5 Å². The summed E-state index contributed by atoms with van der Waals surface area (Å²) in [7, 11) is 0. The molecular formula is C56H31BN4OS. The first kappa shape index (κ1) is 35.5. The van der Waals surface area contributed by atoms with E-state index in [-0.39, 0.29) is 6.71 Å². The predicted octanol–water partition coefficient (Wildman–Crippen LogP) is 12.0. The molecule has 0 saturated carbocycles. The zero-order valence-electron chi connectivity index (χ0n) is 33.6. The number of nitriles is 2. The van der Waals surface area contributed by atoms with E-state index in [4.69, 9.17) is 4.74 Å². The fourth-order valence-electron chi connectivity index (χ4n) is 10.2. The van der Waals surface area contributed by atoms with Crippen LogP contribution in [0.15, 0.2) is 198 Å². The average Bonchev–Trinajstić information content (AvgIpc) is 3.86. The van der Waals surface area contributed by atoms with Crippen LogP contribution in [0.2, 0.25) is 0 Å². The van der Waals surface area contributed by atoms with E-state index in [1.807, 2.05) is 24.3 Å². The van der Waals surface area contributed by atoms with Crippen LogP contribution in [0.25, 0.3) is 77.2 Å². The fourth-order valence-corrected chi connectivity index (χ4v) is 11.4. The zero-order chi connectivity index (χ0) is 41.8. The summed E-state index contributed by atoms with van der Waals surface area (Å²) in [5.41, 5.74) is 15.0. The Morgan fingerprint density at radius 1 is 0.460 bits per heavy atom. The molecule has 7 heteroatoms. The summed E-state index contributed by atoms with van der Waals surface area (Å²) in [5.74, 6) is 1.63. The minimum absolute atomic E-state index is 0.0547. The highest BCUT2D eigenvalue weighted by Crippen LogP contribution is 2.42. The third kappa shape index (κ3) is 5.25. The van der Waals surface area contributed by atoms with Crippen molar-refractivity contribution in [3.63, 3.8) is 0 Å². The third-order valence-corrected chi connectivity index (χ3v) is 14.1. The van der Waals surface area contributed by atoms with Gasteiger partial charge < -0.3 is 13.9 Å². The van der Waals surface area contributed by atoms with Crippen LogP contribution >= 0.6 is 11.8 Å². The Kier molecular flexibility index (Phi) is 7.69. The average molecular weight is 819 g/mol. The lowest BCUT2D eigenvalue weighted by atomic mass is 9.35. The highest BCUT2D eigenvalue weighted by molar-refractivity contribution is 8.00. The van der Waals surface area contributed by atoms with E-state index in [1.54, 1.807) is 11.8 Å². The molecule has 0 bridgehead atoms. The van der Waals surface area contributed by atoms with Crippen molar-refractivity contribution in [3.8, 4) is 57.3 Å². The predicted molar refractivity (Wildman–Crippen MR) is 257 cm³/mol. The maximum atomic E-state index is 10.4. The van der Waals surface area contributed by atoms with E-state index in [0.717, 1.165) is 77.6 Å². The summed E-state index contributed by atoms with van der Waals surface area (Å²) in [6, 6.07) is 70.6. The maximum absolute atomic E-state index is 10.4. The molecule has 290 valence electrons. The van der Waals surface area contributed by atoms with Crippen LogP contribution in [0, 0.1) is 22.7 Å². The van der Waals surface area contributed by atoms with Gasteiger partial charge in [-0.3, -0.25) is 0 Å². The Balaban J connectivity index is 0.944. The van der Waals surface area contributed by atoms with Gasteiger partial charge in [-0.25, -0.2) is 0 Å².